The molecule has 2 aromatic rings. The van der Waals surface area contributed by atoms with Crippen LogP contribution in [0, 0.1) is 0 Å². The van der Waals surface area contributed by atoms with Crippen LogP contribution < -0.4 is 10.6 Å². The zero-order chi connectivity index (χ0) is 24.9. The third-order valence-corrected chi connectivity index (χ3v) is 5.81. The number of nitrogens with zero attached hydrogens (tertiary/aromatic N) is 4. The second kappa shape index (κ2) is 14.0. The largest absolute Gasteiger partial charge is 0.501 e. The molecule has 0 saturated heterocycles. The number of aryl methyl sites for hydroxylation is 2. The Balaban J connectivity index is 1.70. The molecule has 2 rings (SSSR count). The molecule has 8 nitrogen and oxygen atoms in total. The Morgan fingerprint density at radius 2 is 1.82 bits per heavy atom. The molecule has 0 unspecified atom stereocenters. The summed E-state index contributed by atoms with van der Waals surface area (Å²) in [6, 6.07) is 3.70. The smallest absolute Gasteiger partial charge is 0.229 e. The maximum Gasteiger partial charge on any atom is 0.229 e. The molecule has 0 aliphatic heterocycles. The van der Waals surface area contributed by atoms with Crippen molar-refractivity contribution < 1.29 is 9.53 Å². The maximum absolute atomic E-state index is 11.9. The molecular weight excluding hydrogens is 448 g/mol. The molecule has 0 spiro atoms. The summed E-state index contributed by atoms with van der Waals surface area (Å²) in [5, 5.41) is 24.5. The highest BCUT2D eigenvalue weighted by atomic mass is 32.1. The number of aromatic nitrogens is 4. The van der Waals surface area contributed by atoms with E-state index in [1.807, 2.05) is 39.0 Å². The lowest BCUT2D eigenvalue weighted by Gasteiger charge is -2.07. The molecule has 2 heterocycles. The molecule has 0 fully saturated rings. The van der Waals surface area contributed by atoms with Gasteiger partial charge in [0.05, 0.1) is 18.6 Å². The Morgan fingerprint density at radius 1 is 1.06 bits per heavy atom. The number of methoxy groups -OCH3 is 1. The first-order valence-electron chi connectivity index (χ1n) is 11.2. The van der Waals surface area contributed by atoms with Crippen LogP contribution in [0.1, 0.15) is 57.2 Å². The molecular formula is C25H34N6O2S. The van der Waals surface area contributed by atoms with E-state index >= 15 is 0 Å². The standard InChI is InChI=1S/C25H34N6O2S/c1-7-17(2)16-23(32)27-22-13-12-21(28-29-22)10-8-9-11-24-30-31-25(34-24)26-19(4)14-18(3)15-20(5)33-6/h7,12-13,15H,3-4,8-11,14,16H2,1-2,5-6H3,(H,26,31)(H,27,29,32)/b17-7+,20-15+. The highest BCUT2D eigenvalue weighted by Crippen LogP contribution is 2.21. The molecule has 0 radical (unpaired) electrons. The fourth-order valence-corrected chi connectivity index (χ4v) is 3.78. The first kappa shape index (κ1) is 26.9. The number of ether oxygens (including phenoxy) is 1. The number of unbranched alkanes of at least 4 members (excludes halogenated alkanes) is 1. The number of hydrogen-bond acceptors (Lipinski definition) is 8. The minimum Gasteiger partial charge on any atom is -0.501 e. The monoisotopic (exact) mass is 482 g/mol. The van der Waals surface area contributed by atoms with Crippen molar-refractivity contribution in [2.45, 2.75) is 59.3 Å². The van der Waals surface area contributed by atoms with Crippen molar-refractivity contribution in [1.82, 2.24) is 20.4 Å². The lowest BCUT2D eigenvalue weighted by Crippen LogP contribution is -2.13. The summed E-state index contributed by atoms with van der Waals surface area (Å²) in [6.45, 7) is 13.8. The highest BCUT2D eigenvalue weighted by Gasteiger charge is 2.07. The quantitative estimate of drug-likeness (QED) is 0.156. The Morgan fingerprint density at radius 3 is 2.50 bits per heavy atom. The molecule has 0 aliphatic carbocycles. The minimum absolute atomic E-state index is 0.0879. The van der Waals surface area contributed by atoms with Crippen molar-refractivity contribution in [2.75, 3.05) is 17.7 Å². The zero-order valence-electron chi connectivity index (χ0n) is 20.5. The number of carbonyl (C=O) groups excluding carboxylic acids is 1. The van der Waals surface area contributed by atoms with E-state index in [2.05, 4.69) is 44.2 Å². The van der Waals surface area contributed by atoms with Crippen LogP contribution in [0.25, 0.3) is 0 Å². The van der Waals surface area contributed by atoms with E-state index < -0.39 is 0 Å². The van der Waals surface area contributed by atoms with Gasteiger partial charge in [-0.1, -0.05) is 36.1 Å². The summed E-state index contributed by atoms with van der Waals surface area (Å²) in [6.07, 6.45) is 8.36. The van der Waals surface area contributed by atoms with Crippen LogP contribution in [0.15, 0.2) is 60.0 Å². The van der Waals surface area contributed by atoms with E-state index in [0.29, 0.717) is 18.7 Å². The van der Waals surface area contributed by atoms with Crippen LogP contribution in [0.2, 0.25) is 0 Å². The van der Waals surface area contributed by atoms with Gasteiger partial charge in [0.15, 0.2) is 5.82 Å². The molecule has 34 heavy (non-hydrogen) atoms. The second-order valence-corrected chi connectivity index (χ2v) is 9.06. The van der Waals surface area contributed by atoms with Gasteiger partial charge in [-0.3, -0.25) is 4.79 Å². The number of rotatable bonds is 14. The number of carbonyl (C=O) groups is 1. The van der Waals surface area contributed by atoms with Gasteiger partial charge < -0.3 is 15.4 Å². The Bertz CT molecular complexity index is 1040. The van der Waals surface area contributed by atoms with E-state index in [9.17, 15) is 4.79 Å². The Hall–Kier alpha value is -3.33. The van der Waals surface area contributed by atoms with Gasteiger partial charge in [-0.25, -0.2) is 0 Å². The van der Waals surface area contributed by atoms with Crippen molar-refractivity contribution in [1.29, 1.82) is 0 Å². The van der Waals surface area contributed by atoms with E-state index in [-0.39, 0.29) is 5.91 Å². The van der Waals surface area contributed by atoms with Gasteiger partial charge >= 0.3 is 0 Å². The number of hydrogen-bond donors (Lipinski definition) is 2. The minimum atomic E-state index is -0.0879. The first-order chi connectivity index (χ1) is 16.3. The Kier molecular flexibility index (Phi) is 11.1. The molecule has 0 atom stereocenters. The average Bonchev–Trinajstić information content (AvgIpc) is 3.24. The highest BCUT2D eigenvalue weighted by molar-refractivity contribution is 7.15. The third-order valence-electron chi connectivity index (χ3n) is 4.91. The van der Waals surface area contributed by atoms with Crippen LogP contribution in [0.5, 0.6) is 0 Å². The normalized spacial score (nSPS) is 11.8. The van der Waals surface area contributed by atoms with E-state index in [1.165, 1.54) is 11.3 Å². The SMILES string of the molecule is C=C(/C=C(\C)OC)CC(=C)Nc1nnc(CCCCc2ccc(NC(=O)C/C(C)=C/C)nn2)s1. The number of nitrogens with one attached hydrogen (secondary N) is 2. The molecule has 182 valence electrons. The van der Waals surface area contributed by atoms with Gasteiger partial charge in [-0.2, -0.15) is 5.10 Å². The van der Waals surface area contributed by atoms with Crippen LogP contribution in [0.4, 0.5) is 10.9 Å². The summed E-state index contributed by atoms with van der Waals surface area (Å²) < 4.78 is 5.14. The molecule has 2 aromatic heterocycles. The summed E-state index contributed by atoms with van der Waals surface area (Å²) in [4.78, 5) is 11.9. The third kappa shape index (κ3) is 10.1. The molecule has 9 heteroatoms. The van der Waals surface area contributed by atoms with Crippen molar-refractivity contribution in [3.05, 3.63) is 70.7 Å². The lowest BCUT2D eigenvalue weighted by molar-refractivity contribution is -0.115. The van der Waals surface area contributed by atoms with E-state index in [4.69, 9.17) is 4.74 Å². The summed E-state index contributed by atoms with van der Waals surface area (Å²) in [7, 11) is 1.63. The van der Waals surface area contributed by atoms with Crippen LogP contribution in [-0.2, 0) is 22.4 Å². The summed E-state index contributed by atoms with van der Waals surface area (Å²) in [5.74, 6) is 1.19. The van der Waals surface area contributed by atoms with E-state index in [1.54, 1.807) is 13.2 Å². The number of amides is 1. The van der Waals surface area contributed by atoms with Crippen molar-refractivity contribution in [2.24, 2.45) is 0 Å². The topological polar surface area (TPSA) is 102 Å². The van der Waals surface area contributed by atoms with Crippen molar-refractivity contribution in [3.8, 4) is 0 Å². The second-order valence-electron chi connectivity index (χ2n) is 8.00. The molecule has 0 aromatic carbocycles. The Labute approximate surface area is 205 Å². The van der Waals surface area contributed by atoms with E-state index in [0.717, 1.165) is 64.1 Å². The summed E-state index contributed by atoms with van der Waals surface area (Å²) >= 11 is 1.53. The molecule has 1 amide bonds. The number of allylic oxidation sites excluding steroid dienone is 4. The van der Waals surface area contributed by atoms with Crippen LogP contribution in [0.3, 0.4) is 0 Å². The fourth-order valence-electron chi connectivity index (χ4n) is 2.96. The molecule has 0 bridgehead atoms. The van der Waals surface area contributed by atoms with Crippen molar-refractivity contribution in [3.63, 3.8) is 0 Å². The van der Waals surface area contributed by atoms with Gasteiger partial charge in [0, 0.05) is 25.0 Å². The van der Waals surface area contributed by atoms with Crippen molar-refractivity contribution >= 4 is 28.2 Å². The molecule has 2 N–H and O–H groups in total. The maximum atomic E-state index is 11.9. The molecule has 0 saturated carbocycles. The average molecular weight is 483 g/mol. The lowest BCUT2D eigenvalue weighted by atomic mass is 10.1. The van der Waals surface area contributed by atoms with Crippen LogP contribution in [-0.4, -0.2) is 33.4 Å². The number of anilines is 2. The van der Waals surface area contributed by atoms with Crippen LogP contribution >= 0.6 is 11.3 Å². The molecule has 0 aliphatic rings. The first-order valence-corrected chi connectivity index (χ1v) is 12.0. The van der Waals surface area contributed by atoms with Gasteiger partial charge in [-0.05, 0) is 63.8 Å². The van der Waals surface area contributed by atoms with Gasteiger partial charge in [-0.15, -0.1) is 15.3 Å². The summed E-state index contributed by atoms with van der Waals surface area (Å²) in [5.41, 5.74) is 3.63. The fraction of sp³-hybridized carbons (Fsp3) is 0.400. The predicted molar refractivity (Wildman–Crippen MR) is 139 cm³/mol. The van der Waals surface area contributed by atoms with Gasteiger partial charge in [0.2, 0.25) is 11.0 Å². The van der Waals surface area contributed by atoms with Gasteiger partial charge in [0.25, 0.3) is 0 Å². The zero-order valence-corrected chi connectivity index (χ0v) is 21.3. The van der Waals surface area contributed by atoms with Gasteiger partial charge in [0.1, 0.15) is 5.01 Å². The predicted octanol–water partition coefficient (Wildman–Crippen LogP) is 5.61.